The van der Waals surface area contributed by atoms with Crippen LogP contribution < -0.4 is 11.1 Å². The van der Waals surface area contributed by atoms with Crippen molar-refractivity contribution in [3.8, 4) is 0 Å². The molecule has 1 aromatic carbocycles. The van der Waals surface area contributed by atoms with Crippen LogP contribution in [0.2, 0.25) is 0 Å². The van der Waals surface area contributed by atoms with E-state index in [1.165, 1.54) is 18.2 Å². The third kappa shape index (κ3) is 4.89. The normalized spacial score (nSPS) is 12.5. The summed E-state index contributed by atoms with van der Waals surface area (Å²) in [5.74, 6) is -0.198. The van der Waals surface area contributed by atoms with Gasteiger partial charge in [0.15, 0.2) is 0 Å². The molecule has 3 nitrogen and oxygen atoms in total. The number of para-hydroxylation sites is 1. The van der Waals surface area contributed by atoms with Crippen LogP contribution in [0.4, 0.5) is 10.1 Å². The van der Waals surface area contributed by atoms with Crippen LogP contribution in [-0.2, 0) is 0 Å². The van der Waals surface area contributed by atoms with Gasteiger partial charge in [-0.1, -0.05) is 32.8 Å². The molecule has 0 bridgehead atoms. The van der Waals surface area contributed by atoms with Crippen molar-refractivity contribution >= 4 is 11.6 Å². The van der Waals surface area contributed by atoms with Crippen molar-refractivity contribution in [2.45, 2.75) is 46.1 Å². The minimum Gasteiger partial charge on any atom is -0.396 e. The van der Waals surface area contributed by atoms with Crippen LogP contribution >= 0.6 is 0 Å². The van der Waals surface area contributed by atoms with Crippen LogP contribution in [0.25, 0.3) is 0 Å². The van der Waals surface area contributed by atoms with Gasteiger partial charge in [-0.3, -0.25) is 4.79 Å². The highest BCUT2D eigenvalue weighted by Crippen LogP contribution is 2.16. The molecule has 0 spiro atoms. The fourth-order valence-electron chi connectivity index (χ4n) is 1.94. The summed E-state index contributed by atoms with van der Waals surface area (Å²) >= 11 is 0. The van der Waals surface area contributed by atoms with Gasteiger partial charge >= 0.3 is 0 Å². The summed E-state index contributed by atoms with van der Waals surface area (Å²) in [4.78, 5) is 12.0. The summed E-state index contributed by atoms with van der Waals surface area (Å²) in [6.45, 7) is 6.31. The summed E-state index contributed by atoms with van der Waals surface area (Å²) in [6, 6.07) is 4.34. The summed E-state index contributed by atoms with van der Waals surface area (Å²) in [5.41, 5.74) is 5.68. The number of nitrogens with one attached hydrogen (secondary N) is 1. The number of amides is 1. The average molecular weight is 266 g/mol. The highest BCUT2D eigenvalue weighted by atomic mass is 19.1. The number of rotatable bonds is 6. The van der Waals surface area contributed by atoms with Crippen molar-refractivity contribution in [2.24, 2.45) is 5.92 Å². The first-order valence-corrected chi connectivity index (χ1v) is 6.76. The molecule has 106 valence electrons. The molecule has 0 radical (unpaired) electrons. The van der Waals surface area contributed by atoms with E-state index in [4.69, 9.17) is 5.73 Å². The maximum absolute atomic E-state index is 13.3. The SMILES string of the molecule is CC(C)CCCC(C)NC(=O)c1cccc(F)c1N. The van der Waals surface area contributed by atoms with Gasteiger partial charge in [-0.05, 0) is 31.4 Å². The lowest BCUT2D eigenvalue weighted by Crippen LogP contribution is -2.33. The number of halogens is 1. The van der Waals surface area contributed by atoms with Gasteiger partial charge in [-0.2, -0.15) is 0 Å². The molecule has 19 heavy (non-hydrogen) atoms. The Labute approximate surface area is 114 Å². The Balaban J connectivity index is 2.52. The zero-order chi connectivity index (χ0) is 14.4. The van der Waals surface area contributed by atoms with E-state index >= 15 is 0 Å². The third-order valence-corrected chi connectivity index (χ3v) is 3.09. The predicted octanol–water partition coefficient (Wildman–Crippen LogP) is 3.35. The minimum absolute atomic E-state index is 0.0638. The number of carbonyl (C=O) groups is 1. The molecule has 1 rings (SSSR count). The van der Waals surface area contributed by atoms with Crippen molar-refractivity contribution in [3.05, 3.63) is 29.6 Å². The van der Waals surface area contributed by atoms with Gasteiger partial charge in [-0.15, -0.1) is 0 Å². The maximum atomic E-state index is 13.3. The first kappa shape index (κ1) is 15.5. The van der Waals surface area contributed by atoms with E-state index < -0.39 is 5.82 Å². The van der Waals surface area contributed by atoms with Crippen LogP contribution in [0.5, 0.6) is 0 Å². The Morgan fingerprint density at radius 3 is 2.63 bits per heavy atom. The van der Waals surface area contributed by atoms with E-state index in [-0.39, 0.29) is 23.2 Å². The molecule has 3 N–H and O–H groups in total. The van der Waals surface area contributed by atoms with E-state index in [2.05, 4.69) is 19.2 Å². The van der Waals surface area contributed by atoms with Crippen LogP contribution in [-0.4, -0.2) is 11.9 Å². The van der Waals surface area contributed by atoms with E-state index in [9.17, 15) is 9.18 Å². The van der Waals surface area contributed by atoms with Gasteiger partial charge in [0.2, 0.25) is 0 Å². The molecule has 1 unspecified atom stereocenters. The van der Waals surface area contributed by atoms with Crippen molar-refractivity contribution in [1.82, 2.24) is 5.32 Å². The molecule has 1 atom stereocenters. The fourth-order valence-corrected chi connectivity index (χ4v) is 1.94. The Morgan fingerprint density at radius 2 is 2.00 bits per heavy atom. The second-order valence-electron chi connectivity index (χ2n) is 5.40. The molecule has 0 heterocycles. The number of nitrogens with two attached hydrogens (primary N) is 1. The molecule has 0 fully saturated rings. The van der Waals surface area contributed by atoms with Gasteiger partial charge in [-0.25, -0.2) is 4.39 Å². The molecule has 0 aliphatic rings. The summed E-state index contributed by atoms with van der Waals surface area (Å²) in [7, 11) is 0. The van der Waals surface area contributed by atoms with E-state index in [1.54, 1.807) is 0 Å². The topological polar surface area (TPSA) is 55.1 Å². The lowest BCUT2D eigenvalue weighted by molar-refractivity contribution is 0.0938. The van der Waals surface area contributed by atoms with Gasteiger partial charge in [0.25, 0.3) is 5.91 Å². The second kappa shape index (κ2) is 7.12. The first-order chi connectivity index (χ1) is 8.91. The molecular weight excluding hydrogens is 243 g/mol. The molecule has 4 heteroatoms. The molecule has 0 aliphatic carbocycles. The first-order valence-electron chi connectivity index (χ1n) is 6.76. The monoisotopic (exact) mass is 266 g/mol. The van der Waals surface area contributed by atoms with Gasteiger partial charge in [0.1, 0.15) is 5.82 Å². The fraction of sp³-hybridized carbons (Fsp3) is 0.533. The number of nitrogen functional groups attached to an aromatic ring is 1. The minimum atomic E-state index is -0.555. The van der Waals surface area contributed by atoms with E-state index in [0.29, 0.717) is 5.92 Å². The Morgan fingerprint density at radius 1 is 1.32 bits per heavy atom. The van der Waals surface area contributed by atoms with Crippen molar-refractivity contribution in [1.29, 1.82) is 0 Å². The van der Waals surface area contributed by atoms with Crippen molar-refractivity contribution < 1.29 is 9.18 Å². The van der Waals surface area contributed by atoms with Crippen LogP contribution in [0, 0.1) is 11.7 Å². The number of carbonyl (C=O) groups excluding carboxylic acids is 1. The second-order valence-corrected chi connectivity index (χ2v) is 5.40. The highest BCUT2D eigenvalue weighted by Gasteiger charge is 2.14. The summed E-state index contributed by atoms with van der Waals surface area (Å²) in [5, 5.41) is 2.85. The number of anilines is 1. The number of hydrogen-bond acceptors (Lipinski definition) is 2. The lowest BCUT2D eigenvalue weighted by Gasteiger charge is -2.15. The molecule has 0 aliphatic heterocycles. The average Bonchev–Trinajstić information content (AvgIpc) is 2.31. The third-order valence-electron chi connectivity index (χ3n) is 3.09. The predicted molar refractivity (Wildman–Crippen MR) is 76.4 cm³/mol. The van der Waals surface area contributed by atoms with Crippen LogP contribution in [0.3, 0.4) is 0 Å². The molecule has 0 aromatic heterocycles. The molecule has 0 saturated heterocycles. The smallest absolute Gasteiger partial charge is 0.253 e. The van der Waals surface area contributed by atoms with E-state index in [1.807, 2.05) is 6.92 Å². The van der Waals surface area contributed by atoms with Gasteiger partial charge in [0, 0.05) is 6.04 Å². The Hall–Kier alpha value is -1.58. The summed E-state index contributed by atoms with van der Waals surface area (Å²) in [6.07, 6.45) is 3.12. The van der Waals surface area contributed by atoms with Crippen molar-refractivity contribution in [2.75, 3.05) is 5.73 Å². The molecule has 1 amide bonds. The standard InChI is InChI=1S/C15H23FN2O/c1-10(2)6-4-7-11(3)18-15(19)12-8-5-9-13(16)14(12)17/h5,8-11H,4,6-7,17H2,1-3H3,(H,18,19). The van der Waals surface area contributed by atoms with Crippen LogP contribution in [0.15, 0.2) is 18.2 Å². The van der Waals surface area contributed by atoms with Crippen molar-refractivity contribution in [3.63, 3.8) is 0 Å². The Bertz CT molecular complexity index is 432. The Kier molecular flexibility index (Phi) is 5.80. The molecular formula is C15H23FN2O. The molecule has 0 saturated carbocycles. The largest absolute Gasteiger partial charge is 0.396 e. The van der Waals surface area contributed by atoms with Crippen LogP contribution in [0.1, 0.15) is 50.4 Å². The number of hydrogen-bond donors (Lipinski definition) is 2. The highest BCUT2D eigenvalue weighted by molar-refractivity contribution is 5.99. The zero-order valence-corrected chi connectivity index (χ0v) is 11.9. The van der Waals surface area contributed by atoms with E-state index in [0.717, 1.165) is 19.3 Å². The zero-order valence-electron chi connectivity index (χ0n) is 11.9. The lowest BCUT2D eigenvalue weighted by atomic mass is 10.0. The summed E-state index contributed by atoms with van der Waals surface area (Å²) < 4.78 is 13.3. The van der Waals surface area contributed by atoms with Gasteiger partial charge in [0.05, 0.1) is 11.3 Å². The van der Waals surface area contributed by atoms with Gasteiger partial charge < -0.3 is 11.1 Å². The quantitative estimate of drug-likeness (QED) is 0.776. The maximum Gasteiger partial charge on any atom is 0.253 e. The molecule has 1 aromatic rings. The number of benzene rings is 1.